The average Bonchev–Trinajstić information content (AvgIpc) is 2.55. The smallest absolute Gasteiger partial charge is 0.251 e. The number of carbonyl (C=O) groups excluding carboxylic acids is 1. The number of aromatic nitrogens is 1. The van der Waals surface area contributed by atoms with Crippen LogP contribution in [0.5, 0.6) is 11.5 Å². The molecule has 0 unspecified atom stereocenters. The van der Waals surface area contributed by atoms with Gasteiger partial charge in [-0.15, -0.1) is 0 Å². The predicted molar refractivity (Wildman–Crippen MR) is 89.3 cm³/mol. The number of amides is 1. The number of anilines is 1. The van der Waals surface area contributed by atoms with Gasteiger partial charge in [0.2, 0.25) is 5.91 Å². The maximum absolute atomic E-state index is 12.1. The minimum atomic E-state index is -0.276. The molecular formula is C15H15ClN2O4S. The van der Waals surface area contributed by atoms with E-state index >= 15 is 0 Å². The summed E-state index contributed by atoms with van der Waals surface area (Å²) in [6.45, 7) is 0. The highest BCUT2D eigenvalue weighted by atomic mass is 35.5. The highest BCUT2D eigenvalue weighted by molar-refractivity contribution is 7.99. The molecule has 0 bridgehead atoms. The van der Waals surface area contributed by atoms with E-state index in [4.69, 9.17) is 21.1 Å². The number of halogens is 1. The van der Waals surface area contributed by atoms with Crippen LogP contribution >= 0.6 is 23.4 Å². The minimum Gasteiger partial charge on any atom is -0.618 e. The number of hydrogen-bond donors (Lipinski definition) is 1. The topological polar surface area (TPSA) is 74.5 Å². The van der Waals surface area contributed by atoms with Gasteiger partial charge in [0.1, 0.15) is 11.5 Å². The lowest BCUT2D eigenvalue weighted by atomic mass is 10.2. The van der Waals surface area contributed by atoms with Crippen LogP contribution in [0.15, 0.2) is 41.6 Å². The van der Waals surface area contributed by atoms with Gasteiger partial charge in [-0.1, -0.05) is 11.6 Å². The zero-order valence-electron chi connectivity index (χ0n) is 12.5. The molecule has 0 spiro atoms. The molecule has 1 N–H and O–H groups in total. The van der Waals surface area contributed by atoms with E-state index in [2.05, 4.69) is 5.32 Å². The Morgan fingerprint density at radius 3 is 2.70 bits per heavy atom. The molecule has 23 heavy (non-hydrogen) atoms. The third-order valence-corrected chi connectivity index (χ3v) is 4.20. The van der Waals surface area contributed by atoms with Crippen molar-refractivity contribution in [3.63, 3.8) is 0 Å². The number of ether oxygens (including phenoxy) is 2. The van der Waals surface area contributed by atoms with Crippen LogP contribution in [-0.4, -0.2) is 25.9 Å². The van der Waals surface area contributed by atoms with Crippen molar-refractivity contribution in [2.45, 2.75) is 5.03 Å². The quantitative estimate of drug-likeness (QED) is 0.490. The number of benzene rings is 1. The lowest BCUT2D eigenvalue weighted by Crippen LogP contribution is -2.28. The summed E-state index contributed by atoms with van der Waals surface area (Å²) in [5.74, 6) is 0.658. The molecule has 1 aromatic heterocycles. The molecule has 0 aliphatic rings. The fourth-order valence-electron chi connectivity index (χ4n) is 1.81. The number of hydrogen-bond acceptors (Lipinski definition) is 5. The Hall–Kier alpha value is -2.12. The summed E-state index contributed by atoms with van der Waals surface area (Å²) >= 11 is 7.16. The second kappa shape index (κ2) is 7.94. The molecule has 0 aliphatic heterocycles. The molecule has 0 radical (unpaired) electrons. The van der Waals surface area contributed by atoms with Gasteiger partial charge in [-0.3, -0.25) is 4.79 Å². The van der Waals surface area contributed by atoms with Crippen LogP contribution in [0.1, 0.15) is 0 Å². The van der Waals surface area contributed by atoms with Crippen molar-refractivity contribution in [1.82, 2.24) is 0 Å². The summed E-state index contributed by atoms with van der Waals surface area (Å²) in [7, 11) is 2.96. The molecule has 0 saturated carbocycles. The summed E-state index contributed by atoms with van der Waals surface area (Å²) in [5, 5.41) is 15.1. The monoisotopic (exact) mass is 354 g/mol. The largest absolute Gasteiger partial charge is 0.618 e. The van der Waals surface area contributed by atoms with E-state index in [1.165, 1.54) is 20.4 Å². The molecule has 1 aromatic carbocycles. The predicted octanol–water partition coefficient (Wildman–Crippen LogP) is 2.72. The summed E-state index contributed by atoms with van der Waals surface area (Å²) < 4.78 is 11.0. The van der Waals surface area contributed by atoms with Crippen molar-refractivity contribution >= 4 is 35.0 Å². The van der Waals surface area contributed by atoms with Gasteiger partial charge in [-0.05, 0) is 17.8 Å². The van der Waals surface area contributed by atoms with Gasteiger partial charge < -0.3 is 20.0 Å². The lowest BCUT2D eigenvalue weighted by Gasteiger charge is -2.13. The highest BCUT2D eigenvalue weighted by Gasteiger charge is 2.14. The van der Waals surface area contributed by atoms with E-state index in [1.807, 2.05) is 0 Å². The Labute approximate surface area is 142 Å². The third kappa shape index (κ3) is 4.43. The van der Waals surface area contributed by atoms with E-state index < -0.39 is 0 Å². The summed E-state index contributed by atoms with van der Waals surface area (Å²) in [6, 6.07) is 8.16. The number of pyridine rings is 1. The first-order valence-electron chi connectivity index (χ1n) is 6.57. The SMILES string of the molecule is COc1cc(NC(=O)CSc2cccc[n+]2[O-])c(OC)cc1Cl. The number of rotatable bonds is 6. The first-order chi connectivity index (χ1) is 11.0. The Kier molecular flexibility index (Phi) is 5.95. The molecule has 8 heteroatoms. The molecule has 2 aromatic rings. The van der Waals surface area contributed by atoms with Crippen LogP contribution < -0.4 is 19.5 Å². The number of carbonyl (C=O) groups is 1. The normalized spacial score (nSPS) is 10.2. The molecule has 0 fully saturated rings. The Morgan fingerprint density at radius 1 is 1.30 bits per heavy atom. The Balaban J connectivity index is 2.06. The van der Waals surface area contributed by atoms with Gasteiger partial charge in [-0.2, -0.15) is 4.73 Å². The van der Waals surface area contributed by atoms with Crippen molar-refractivity contribution in [3.8, 4) is 11.5 Å². The molecule has 1 heterocycles. The highest BCUT2D eigenvalue weighted by Crippen LogP contribution is 2.35. The summed E-state index contributed by atoms with van der Waals surface area (Å²) in [4.78, 5) is 12.1. The van der Waals surface area contributed by atoms with Crippen molar-refractivity contribution < 1.29 is 19.0 Å². The van der Waals surface area contributed by atoms with E-state index in [-0.39, 0.29) is 11.7 Å². The number of nitrogens with one attached hydrogen (secondary N) is 1. The second-order valence-electron chi connectivity index (χ2n) is 4.39. The van der Waals surface area contributed by atoms with Gasteiger partial charge in [-0.25, -0.2) is 0 Å². The summed E-state index contributed by atoms with van der Waals surface area (Å²) in [6.07, 6.45) is 1.38. The maximum atomic E-state index is 12.1. The molecule has 122 valence electrons. The second-order valence-corrected chi connectivity index (χ2v) is 5.79. The van der Waals surface area contributed by atoms with Gasteiger partial charge >= 0.3 is 0 Å². The van der Waals surface area contributed by atoms with Gasteiger partial charge in [0.15, 0.2) is 6.20 Å². The van der Waals surface area contributed by atoms with Crippen LogP contribution in [0, 0.1) is 5.21 Å². The van der Waals surface area contributed by atoms with Crippen LogP contribution in [0.25, 0.3) is 0 Å². The fourth-order valence-corrected chi connectivity index (χ4v) is 2.75. The van der Waals surface area contributed by atoms with Crippen molar-refractivity contribution in [2.75, 3.05) is 25.3 Å². The van der Waals surface area contributed by atoms with Gasteiger partial charge in [0.25, 0.3) is 5.03 Å². The molecular weight excluding hydrogens is 340 g/mol. The van der Waals surface area contributed by atoms with Crippen LogP contribution in [0.4, 0.5) is 5.69 Å². The fraction of sp³-hybridized carbons (Fsp3) is 0.200. The molecule has 0 saturated heterocycles. The van der Waals surface area contributed by atoms with Crippen molar-refractivity contribution in [1.29, 1.82) is 0 Å². The van der Waals surface area contributed by atoms with Crippen LogP contribution in [-0.2, 0) is 4.79 Å². The maximum Gasteiger partial charge on any atom is 0.251 e. The number of methoxy groups -OCH3 is 2. The van der Waals surface area contributed by atoms with Gasteiger partial charge in [0, 0.05) is 24.3 Å². The Bertz CT molecular complexity index is 712. The first-order valence-corrected chi connectivity index (χ1v) is 7.94. The Morgan fingerprint density at radius 2 is 2.04 bits per heavy atom. The first kappa shape index (κ1) is 17.2. The van der Waals surface area contributed by atoms with E-state index in [0.29, 0.717) is 32.0 Å². The van der Waals surface area contributed by atoms with Gasteiger partial charge in [0.05, 0.1) is 30.7 Å². The van der Waals surface area contributed by atoms with Crippen LogP contribution in [0.3, 0.4) is 0 Å². The summed E-state index contributed by atoms with van der Waals surface area (Å²) in [5.41, 5.74) is 0.447. The zero-order chi connectivity index (χ0) is 16.8. The van der Waals surface area contributed by atoms with Crippen LogP contribution in [0.2, 0.25) is 5.02 Å². The molecule has 0 aliphatic carbocycles. The van der Waals surface area contributed by atoms with Crippen molar-refractivity contribution in [2.24, 2.45) is 0 Å². The molecule has 2 rings (SSSR count). The standard InChI is InChI=1S/C15H15ClN2O4S/c1-21-12-8-11(13(22-2)7-10(12)16)17-14(19)9-23-15-5-3-4-6-18(15)20/h3-8H,9H2,1-2H3,(H,17,19). The van der Waals surface area contributed by atoms with Crippen molar-refractivity contribution in [3.05, 3.63) is 46.8 Å². The molecule has 0 atom stereocenters. The third-order valence-electron chi connectivity index (χ3n) is 2.89. The minimum absolute atomic E-state index is 0.0837. The van der Waals surface area contributed by atoms with E-state index in [1.54, 1.807) is 30.3 Å². The molecule has 6 nitrogen and oxygen atoms in total. The number of nitrogens with zero attached hydrogens (tertiary/aromatic N) is 1. The van der Waals surface area contributed by atoms with E-state index in [0.717, 1.165) is 11.8 Å². The van der Waals surface area contributed by atoms with E-state index in [9.17, 15) is 10.0 Å². The zero-order valence-corrected chi connectivity index (χ0v) is 14.1. The lowest BCUT2D eigenvalue weighted by molar-refractivity contribution is -0.645. The average molecular weight is 355 g/mol. The number of thioether (sulfide) groups is 1. The molecule has 1 amide bonds.